The summed E-state index contributed by atoms with van der Waals surface area (Å²) in [6, 6.07) is 30.1. The molecule has 1 spiro atoms. The molecule has 1 atom stereocenters. The normalized spacial score (nSPS) is 21.2. The number of carbonyl (C=O) groups excluding carboxylic acids is 1. The minimum atomic E-state index is -4.60. The van der Waals surface area contributed by atoms with Crippen molar-refractivity contribution in [2.24, 2.45) is 11.3 Å². The predicted molar refractivity (Wildman–Crippen MR) is 291 cm³/mol. The first-order chi connectivity index (χ1) is 36.5. The van der Waals surface area contributed by atoms with Crippen LogP contribution in [-0.4, -0.2) is 102 Å². The number of H-pyrrole nitrogens is 1. The number of carbonyl (C=O) groups is 1. The molecule has 17 nitrogen and oxygen atoms in total. The van der Waals surface area contributed by atoms with Crippen LogP contribution in [0.25, 0.3) is 11.0 Å². The Labute approximate surface area is 444 Å². The van der Waals surface area contributed by atoms with Crippen LogP contribution in [0.15, 0.2) is 108 Å². The van der Waals surface area contributed by atoms with Crippen molar-refractivity contribution in [3.63, 3.8) is 0 Å². The fraction of sp³-hybridized carbons (Fsp3) is 0.431. The summed E-state index contributed by atoms with van der Waals surface area (Å²) in [5, 5.41) is 36.3. The highest BCUT2D eigenvalue weighted by atomic mass is 32.2. The number of hydrogen-bond donors (Lipinski definition) is 4. The average molecular weight is 1050 g/mol. The Bertz CT molecular complexity index is 3270. The summed E-state index contributed by atoms with van der Waals surface area (Å²) in [7, 11) is -3.01. The summed E-state index contributed by atoms with van der Waals surface area (Å²) in [5.41, 5.74) is 5.05. The van der Waals surface area contributed by atoms with E-state index in [1.54, 1.807) is 31.5 Å². The number of aromatic nitrogens is 2. The lowest BCUT2D eigenvalue weighted by Gasteiger charge is -2.58. The van der Waals surface area contributed by atoms with Crippen LogP contribution in [-0.2, 0) is 16.6 Å². The number of aromatic amines is 1. The molecule has 6 aromatic rings. The van der Waals surface area contributed by atoms with Crippen molar-refractivity contribution in [3.05, 3.63) is 141 Å². The van der Waals surface area contributed by atoms with Gasteiger partial charge in [-0.1, -0.05) is 44.2 Å². The van der Waals surface area contributed by atoms with Crippen LogP contribution < -0.4 is 24.4 Å². The van der Waals surface area contributed by atoms with E-state index in [4.69, 9.17) is 9.47 Å². The molecule has 2 aliphatic carbocycles. The van der Waals surface area contributed by atoms with Gasteiger partial charge in [0.25, 0.3) is 21.6 Å². The van der Waals surface area contributed by atoms with E-state index < -0.39 is 37.0 Å². The van der Waals surface area contributed by atoms with Gasteiger partial charge in [-0.25, -0.2) is 18.1 Å². The van der Waals surface area contributed by atoms with Gasteiger partial charge >= 0.3 is 0 Å². The molecule has 18 heteroatoms. The van der Waals surface area contributed by atoms with E-state index >= 15 is 0 Å². The van der Waals surface area contributed by atoms with Crippen molar-refractivity contribution < 1.29 is 32.7 Å². The number of aliphatic hydroxyl groups is 1. The van der Waals surface area contributed by atoms with E-state index in [2.05, 4.69) is 85.0 Å². The maximum Gasteiger partial charge on any atom is 0.293 e. The third-order valence-electron chi connectivity index (χ3n) is 16.5. The highest BCUT2D eigenvalue weighted by Gasteiger charge is 2.50. The van der Waals surface area contributed by atoms with E-state index in [1.165, 1.54) is 29.5 Å². The Kier molecular flexibility index (Phi) is 14.8. The highest BCUT2D eigenvalue weighted by molar-refractivity contribution is 7.90. The van der Waals surface area contributed by atoms with Gasteiger partial charge in [-0.2, -0.15) is 5.26 Å². The molecule has 398 valence electrons. The number of piperazine rings is 1. The molecular formula is C58H67N9O8S. The van der Waals surface area contributed by atoms with Crippen molar-refractivity contribution in [1.82, 2.24) is 24.5 Å². The highest BCUT2D eigenvalue weighted by Crippen LogP contribution is 2.53. The number of nitriles is 1. The van der Waals surface area contributed by atoms with Crippen molar-refractivity contribution >= 4 is 44.0 Å². The Balaban J connectivity index is 0.831. The fourth-order valence-corrected chi connectivity index (χ4v) is 13.1. The number of amides is 1. The van der Waals surface area contributed by atoms with E-state index in [0.29, 0.717) is 54.1 Å². The quantitative estimate of drug-likeness (QED) is 0.0524. The maximum absolute atomic E-state index is 14.1. The monoisotopic (exact) mass is 1050 g/mol. The number of ether oxygens (including phenoxy) is 2. The van der Waals surface area contributed by atoms with Crippen LogP contribution in [0.1, 0.15) is 117 Å². The number of pyridine rings is 1. The lowest BCUT2D eigenvalue weighted by atomic mass is 9.59. The van der Waals surface area contributed by atoms with Crippen molar-refractivity contribution in [3.8, 4) is 23.3 Å². The SMILES string of the molecule is COc1ccc(CN2CCN(C3CC4(CCN(c5ccc(C(=O)NS(=O)(=O)c6ccc(NCC7CCC(C)(O)CC7)c([N+](=O)[O-])c6)c(Oc6cnc7[nH]ccc7c6)c5)CC4)C3)C(c3ccccc3C(C)C)C2)cc1C#N. The lowest BCUT2D eigenvalue weighted by Crippen LogP contribution is -2.60. The van der Waals surface area contributed by atoms with E-state index in [1.807, 2.05) is 31.2 Å². The average Bonchev–Trinajstić information content (AvgIpc) is 3.89. The standard InChI is InChI=1S/C58H67N9O8S/c1-38(2)47-7-5-6-8-48(47)52-37-64(36-40-9-14-53(74-4)42(27-40)33-59)25-26-66(52)44-31-58(32-44)20-23-65(24-21-58)43-10-12-49(54(29-43)75-45-28-41-17-22-60-55(41)62-35-45)56(68)63-76(72,73)46-11-13-50(51(30-46)67(70)71)61-34-39-15-18-57(3,69)19-16-39/h5-14,17,22,27-30,35,38-39,44,52,61,69H,15-16,18-21,23-26,31-32,34,36-37H2,1-4H3,(H,60,62)(H,63,68). The summed E-state index contributed by atoms with van der Waals surface area (Å²) in [4.78, 5) is 40.4. The first-order valence-electron chi connectivity index (χ1n) is 26.4. The Morgan fingerprint density at radius 3 is 2.49 bits per heavy atom. The number of nitrogens with one attached hydrogen (secondary N) is 3. The summed E-state index contributed by atoms with van der Waals surface area (Å²) in [6.45, 7) is 11.8. The molecule has 4 heterocycles. The number of piperidine rings is 1. The number of benzene rings is 4. The molecule has 0 radical (unpaired) electrons. The summed E-state index contributed by atoms with van der Waals surface area (Å²) in [6.07, 6.45) is 10.3. The van der Waals surface area contributed by atoms with Gasteiger partial charge < -0.3 is 29.8 Å². The number of anilines is 2. The number of nitro groups is 1. The zero-order chi connectivity index (χ0) is 53.4. The topological polar surface area (TPSA) is 219 Å². The molecular weight excluding hydrogens is 983 g/mol. The molecule has 10 rings (SSSR count). The fourth-order valence-electron chi connectivity index (χ4n) is 12.1. The van der Waals surface area contributed by atoms with Gasteiger partial charge in [0.05, 0.1) is 39.9 Å². The zero-order valence-electron chi connectivity index (χ0n) is 43.6. The maximum atomic E-state index is 14.1. The third kappa shape index (κ3) is 11.2. The number of fused-ring (bicyclic) bond motifs is 1. The van der Waals surface area contributed by atoms with Crippen LogP contribution in [0.4, 0.5) is 17.1 Å². The van der Waals surface area contributed by atoms with Gasteiger partial charge in [-0.05, 0) is 141 Å². The Morgan fingerprint density at radius 1 is 0.974 bits per heavy atom. The van der Waals surface area contributed by atoms with E-state index in [9.17, 15) is 33.7 Å². The number of sulfonamides is 1. The number of methoxy groups -OCH3 is 1. The van der Waals surface area contributed by atoms with Gasteiger partial charge in [-0.3, -0.25) is 24.7 Å². The number of hydrogen-bond acceptors (Lipinski definition) is 14. The second-order valence-corrected chi connectivity index (χ2v) is 23.7. The van der Waals surface area contributed by atoms with Gasteiger partial charge in [0.15, 0.2) is 0 Å². The largest absolute Gasteiger partial charge is 0.495 e. The molecule has 0 bridgehead atoms. The van der Waals surface area contributed by atoms with Crippen LogP contribution in [0, 0.1) is 32.8 Å². The molecule has 4 N–H and O–H groups in total. The first kappa shape index (κ1) is 52.4. The minimum absolute atomic E-state index is 0.0411. The summed E-state index contributed by atoms with van der Waals surface area (Å²) < 4.78 is 41.7. The lowest BCUT2D eigenvalue weighted by molar-refractivity contribution is -0.384. The van der Waals surface area contributed by atoms with Gasteiger partial charge in [-0.15, -0.1) is 0 Å². The Hall–Kier alpha value is -7.04. The second-order valence-electron chi connectivity index (χ2n) is 22.0. The molecule has 76 heavy (non-hydrogen) atoms. The summed E-state index contributed by atoms with van der Waals surface area (Å²) in [5.74, 6) is 0.676. The molecule has 4 aromatic carbocycles. The molecule has 2 aliphatic heterocycles. The molecule has 2 saturated heterocycles. The van der Waals surface area contributed by atoms with Crippen LogP contribution >= 0.6 is 0 Å². The van der Waals surface area contributed by atoms with Gasteiger partial charge in [0.2, 0.25) is 0 Å². The molecule has 1 unspecified atom stereocenters. The van der Waals surface area contributed by atoms with Crippen LogP contribution in [0.5, 0.6) is 17.2 Å². The smallest absolute Gasteiger partial charge is 0.293 e. The Morgan fingerprint density at radius 2 is 1.75 bits per heavy atom. The molecule has 2 aromatic heterocycles. The predicted octanol–water partition coefficient (Wildman–Crippen LogP) is 10.0. The number of nitro benzene ring substituents is 1. The molecule has 2 saturated carbocycles. The van der Waals surface area contributed by atoms with Gasteiger partial charge in [0, 0.05) is 87.3 Å². The van der Waals surface area contributed by atoms with Crippen LogP contribution in [0.2, 0.25) is 0 Å². The van der Waals surface area contributed by atoms with Crippen molar-refractivity contribution in [1.29, 1.82) is 5.26 Å². The van der Waals surface area contributed by atoms with Crippen molar-refractivity contribution in [2.45, 2.75) is 107 Å². The van der Waals surface area contributed by atoms with Gasteiger partial charge in [0.1, 0.15) is 34.7 Å². The molecule has 4 fully saturated rings. The first-order valence-corrected chi connectivity index (χ1v) is 27.9. The van der Waals surface area contributed by atoms with E-state index in [-0.39, 0.29) is 34.4 Å². The van der Waals surface area contributed by atoms with Crippen LogP contribution in [0.3, 0.4) is 0 Å². The zero-order valence-corrected chi connectivity index (χ0v) is 44.4. The molecule has 1 amide bonds. The number of nitrogens with zero attached hydrogens (tertiary/aromatic N) is 6. The third-order valence-corrected chi connectivity index (χ3v) is 17.9. The van der Waals surface area contributed by atoms with Crippen molar-refractivity contribution in [2.75, 3.05) is 56.6 Å². The number of rotatable bonds is 16. The minimum Gasteiger partial charge on any atom is -0.495 e. The van der Waals surface area contributed by atoms with E-state index in [0.717, 1.165) is 100 Å². The summed E-state index contributed by atoms with van der Waals surface area (Å²) >= 11 is 0. The second kappa shape index (κ2) is 21.5. The molecule has 4 aliphatic rings.